The van der Waals surface area contributed by atoms with Crippen LogP contribution < -0.4 is 9.64 Å². The second kappa shape index (κ2) is 7.99. The van der Waals surface area contributed by atoms with E-state index in [1.807, 2.05) is 32.0 Å². The van der Waals surface area contributed by atoms with E-state index in [2.05, 4.69) is 0 Å². The van der Waals surface area contributed by atoms with Crippen LogP contribution in [0.2, 0.25) is 0 Å². The molecule has 1 aliphatic rings. The fourth-order valence-corrected chi connectivity index (χ4v) is 7.01. The van der Waals surface area contributed by atoms with Crippen molar-refractivity contribution in [1.29, 1.82) is 0 Å². The molecule has 0 bridgehead atoms. The molecule has 0 aliphatic carbocycles. The lowest BCUT2D eigenvalue weighted by Gasteiger charge is -2.42. The van der Waals surface area contributed by atoms with Crippen molar-refractivity contribution in [2.24, 2.45) is 0 Å². The number of anilines is 1. The molecular formula is C22H18N2O4S3. The molecule has 2 heterocycles. The van der Waals surface area contributed by atoms with Crippen molar-refractivity contribution in [2.45, 2.75) is 19.4 Å². The highest BCUT2D eigenvalue weighted by Gasteiger charge is 2.43. The Balaban J connectivity index is 1.80. The third kappa shape index (κ3) is 3.58. The van der Waals surface area contributed by atoms with E-state index in [1.165, 1.54) is 28.5 Å². The van der Waals surface area contributed by atoms with Crippen LogP contribution in [-0.2, 0) is 10.3 Å². The molecule has 0 saturated heterocycles. The van der Waals surface area contributed by atoms with Gasteiger partial charge in [-0.3, -0.25) is 19.8 Å². The summed E-state index contributed by atoms with van der Waals surface area (Å²) in [5.41, 5.74) is 2.64. The van der Waals surface area contributed by atoms with Gasteiger partial charge in [0.2, 0.25) is 0 Å². The number of carbonyl (C=O) groups excluding carboxylic acids is 1. The van der Waals surface area contributed by atoms with E-state index in [4.69, 9.17) is 17.0 Å². The molecule has 0 saturated carbocycles. The fraction of sp³-hybridized carbons (Fsp3) is 0.182. The van der Waals surface area contributed by atoms with E-state index in [-0.39, 0.29) is 11.6 Å². The average molecular weight is 471 g/mol. The van der Waals surface area contributed by atoms with Gasteiger partial charge in [0, 0.05) is 29.3 Å². The zero-order chi connectivity index (χ0) is 22.3. The minimum Gasteiger partial charge on any atom is -0.495 e. The molecule has 0 fully saturated rings. The lowest BCUT2D eigenvalue weighted by molar-refractivity contribution is -0.384. The van der Waals surface area contributed by atoms with E-state index >= 15 is 0 Å². The predicted molar refractivity (Wildman–Crippen MR) is 128 cm³/mol. The number of nitro groups is 1. The number of nitrogens with zero attached hydrogens (tertiary/aromatic N) is 2. The number of para-hydroxylation sites is 1. The molecule has 3 aromatic rings. The molecule has 0 N–H and O–H groups in total. The van der Waals surface area contributed by atoms with Crippen molar-refractivity contribution in [3.8, 4) is 16.9 Å². The largest absolute Gasteiger partial charge is 0.495 e. The van der Waals surface area contributed by atoms with E-state index < -0.39 is 10.5 Å². The van der Waals surface area contributed by atoms with Crippen molar-refractivity contribution in [3.63, 3.8) is 0 Å². The van der Waals surface area contributed by atoms with Gasteiger partial charge in [-0.15, -0.1) is 0 Å². The molecule has 1 aliphatic heterocycles. The van der Waals surface area contributed by atoms with Gasteiger partial charge >= 0.3 is 0 Å². The summed E-state index contributed by atoms with van der Waals surface area (Å²) >= 11 is 5.60. The molecule has 0 unspecified atom stereocenters. The summed E-state index contributed by atoms with van der Waals surface area (Å²) < 4.78 is 6.41. The number of fused-ring (bicyclic) bond motifs is 3. The summed E-state index contributed by atoms with van der Waals surface area (Å²) in [6.45, 7) is 3.99. The zero-order valence-corrected chi connectivity index (χ0v) is 19.4. The first-order valence-corrected chi connectivity index (χ1v) is 11.9. The van der Waals surface area contributed by atoms with Crippen LogP contribution >= 0.6 is 32.9 Å². The summed E-state index contributed by atoms with van der Waals surface area (Å²) in [5.74, 6) is 0.378. The zero-order valence-electron chi connectivity index (χ0n) is 16.9. The third-order valence-corrected chi connectivity index (χ3v) is 8.53. The first kappa shape index (κ1) is 21.4. The van der Waals surface area contributed by atoms with E-state index in [0.29, 0.717) is 17.0 Å². The van der Waals surface area contributed by atoms with Crippen molar-refractivity contribution < 1.29 is 14.5 Å². The van der Waals surface area contributed by atoms with Crippen LogP contribution in [0.25, 0.3) is 17.2 Å². The lowest BCUT2D eigenvalue weighted by atomic mass is 9.87. The highest BCUT2D eigenvalue weighted by molar-refractivity contribution is 7.80. The monoisotopic (exact) mass is 470 g/mol. The Labute approximate surface area is 191 Å². The number of benzene rings is 2. The Morgan fingerprint density at radius 1 is 1.19 bits per heavy atom. The highest BCUT2D eigenvalue weighted by Crippen LogP contribution is 2.54. The van der Waals surface area contributed by atoms with Gasteiger partial charge in [0.25, 0.3) is 11.6 Å². The fourth-order valence-electron chi connectivity index (χ4n) is 3.73. The number of hydrogen-bond donors (Lipinski definition) is 0. The molecule has 1 aromatic heterocycles. The first-order chi connectivity index (χ1) is 14.8. The smallest absolute Gasteiger partial charge is 0.269 e. The van der Waals surface area contributed by atoms with E-state index in [1.54, 1.807) is 40.6 Å². The number of non-ortho nitro benzene ring substituents is 1. The molecule has 158 valence electrons. The van der Waals surface area contributed by atoms with Gasteiger partial charge in [-0.2, -0.15) is 0 Å². The van der Waals surface area contributed by atoms with Gasteiger partial charge in [-0.25, -0.2) is 0 Å². The van der Waals surface area contributed by atoms with Crippen LogP contribution in [0.15, 0.2) is 48.5 Å². The van der Waals surface area contributed by atoms with E-state index in [0.717, 1.165) is 19.8 Å². The Hall–Kier alpha value is -2.88. The topological polar surface area (TPSA) is 72.7 Å². The Morgan fingerprint density at radius 3 is 2.55 bits per heavy atom. The number of nitro benzene ring substituents is 1. The molecular weight excluding hydrogens is 452 g/mol. The summed E-state index contributed by atoms with van der Waals surface area (Å²) in [6.07, 6.45) is 3.14. The van der Waals surface area contributed by atoms with Gasteiger partial charge in [-0.1, -0.05) is 45.0 Å². The van der Waals surface area contributed by atoms with Crippen molar-refractivity contribution in [2.75, 3.05) is 12.0 Å². The number of rotatable bonds is 4. The summed E-state index contributed by atoms with van der Waals surface area (Å²) in [4.78, 5) is 26.6. The maximum Gasteiger partial charge on any atom is 0.269 e. The summed E-state index contributed by atoms with van der Waals surface area (Å²) in [6, 6.07) is 11.7. The normalized spacial score (nSPS) is 14.2. The number of ether oxygens (including phenoxy) is 1. The van der Waals surface area contributed by atoms with Crippen LogP contribution in [0.1, 0.15) is 24.3 Å². The summed E-state index contributed by atoms with van der Waals surface area (Å²) in [5, 5.41) is 10.8. The van der Waals surface area contributed by atoms with Crippen molar-refractivity contribution >= 4 is 56.3 Å². The van der Waals surface area contributed by atoms with Gasteiger partial charge in [0.05, 0.1) is 28.1 Å². The van der Waals surface area contributed by atoms with Gasteiger partial charge < -0.3 is 4.74 Å². The maximum atomic E-state index is 13.5. The predicted octanol–water partition coefficient (Wildman–Crippen LogP) is 6.42. The van der Waals surface area contributed by atoms with Gasteiger partial charge in [0.1, 0.15) is 9.57 Å². The molecule has 9 heteroatoms. The van der Waals surface area contributed by atoms with Crippen LogP contribution in [0.3, 0.4) is 0 Å². The van der Waals surface area contributed by atoms with Crippen LogP contribution in [0.4, 0.5) is 11.4 Å². The standard InChI is InChI=1S/C22H18N2O4S3/c1-22(2)20-18(21(29)31-30-20)15-5-4-6-16(28-3)19(15)23(22)17(25)12-9-13-7-10-14(11-8-13)24(26)27/h4-12H,1-3H3/b12-9+. The maximum absolute atomic E-state index is 13.5. The summed E-state index contributed by atoms with van der Waals surface area (Å²) in [7, 11) is 4.70. The van der Waals surface area contributed by atoms with E-state index in [9.17, 15) is 14.9 Å². The SMILES string of the molecule is COc1cccc2c1N(C(=O)/C=C/c1ccc([N+](=O)[O-])cc1)C(C)(C)c1ssc(=S)c1-2. The molecule has 0 spiro atoms. The number of amides is 1. The van der Waals surface area contributed by atoms with Gasteiger partial charge in [0.15, 0.2) is 0 Å². The quantitative estimate of drug-likeness (QED) is 0.145. The van der Waals surface area contributed by atoms with Crippen LogP contribution in [0.5, 0.6) is 5.75 Å². The second-order valence-electron chi connectivity index (χ2n) is 7.43. The Bertz CT molecular complexity index is 1270. The third-order valence-electron chi connectivity index (χ3n) is 5.20. The molecule has 4 rings (SSSR count). The molecule has 0 atom stereocenters. The number of hydrogen-bond acceptors (Lipinski definition) is 7. The molecule has 31 heavy (non-hydrogen) atoms. The Kier molecular flexibility index (Phi) is 5.50. The minimum absolute atomic E-state index is 0.00509. The molecule has 1 amide bonds. The first-order valence-electron chi connectivity index (χ1n) is 9.33. The van der Waals surface area contributed by atoms with Gasteiger partial charge in [-0.05, 0) is 43.7 Å². The number of carbonyl (C=O) groups is 1. The van der Waals surface area contributed by atoms with Crippen molar-refractivity contribution in [1.82, 2.24) is 0 Å². The number of methoxy groups -OCH3 is 1. The highest BCUT2D eigenvalue weighted by atomic mass is 32.9. The second-order valence-corrected chi connectivity index (χ2v) is 10.2. The van der Waals surface area contributed by atoms with Crippen LogP contribution in [0, 0.1) is 13.9 Å². The minimum atomic E-state index is -0.633. The average Bonchev–Trinajstić information content (AvgIpc) is 3.15. The molecule has 0 radical (unpaired) electrons. The molecule has 6 nitrogen and oxygen atoms in total. The lowest BCUT2D eigenvalue weighted by Crippen LogP contribution is -2.47. The molecule has 2 aromatic carbocycles. The van der Waals surface area contributed by atoms with Crippen molar-refractivity contribution in [3.05, 3.63) is 72.9 Å². The Morgan fingerprint density at radius 2 is 1.90 bits per heavy atom. The van der Waals surface area contributed by atoms with Crippen LogP contribution in [-0.4, -0.2) is 17.9 Å².